The molecule has 6 heteroatoms. The van der Waals surface area contributed by atoms with Crippen molar-refractivity contribution in [1.29, 1.82) is 0 Å². The third-order valence-electron chi connectivity index (χ3n) is 1.45. The van der Waals surface area contributed by atoms with Crippen LogP contribution in [0.4, 0.5) is 0 Å². The molecule has 0 atom stereocenters. The maximum absolute atomic E-state index is 9.41. The van der Waals surface area contributed by atoms with E-state index in [0.717, 1.165) is 0 Å². The molecule has 0 saturated carbocycles. The average Bonchev–Trinajstić information content (AvgIpc) is 2.01. The fourth-order valence-corrected chi connectivity index (χ4v) is 0.545. The fourth-order valence-electron chi connectivity index (χ4n) is 0.545. The molecular formula is C7H16I2N2OV. The molecule has 0 aromatic rings. The van der Waals surface area contributed by atoms with Gasteiger partial charge in [0, 0.05) is 14.1 Å². The summed E-state index contributed by atoms with van der Waals surface area (Å²) in [5.74, 6) is 0. The van der Waals surface area contributed by atoms with Crippen LogP contribution in [0.3, 0.4) is 0 Å². The number of aliphatic hydroxyl groups is 1. The Morgan fingerprint density at radius 3 is 1.92 bits per heavy atom. The molecule has 2 N–H and O–H groups in total. The van der Waals surface area contributed by atoms with Crippen LogP contribution in [0, 0.1) is 0 Å². The monoisotopic (exact) mass is 449 g/mol. The van der Waals surface area contributed by atoms with Crippen molar-refractivity contribution in [2.75, 3.05) is 14.1 Å². The summed E-state index contributed by atoms with van der Waals surface area (Å²) in [4.78, 5) is 0. The third-order valence-corrected chi connectivity index (χ3v) is 1.45. The molecule has 0 radical (unpaired) electrons. The normalized spacial score (nSPS) is 9.77. The van der Waals surface area contributed by atoms with Crippen LogP contribution < -0.4 is 5.43 Å². The van der Waals surface area contributed by atoms with Crippen molar-refractivity contribution in [1.82, 2.24) is 10.4 Å². The van der Waals surface area contributed by atoms with Gasteiger partial charge in [0.05, 0.1) is 11.3 Å². The van der Waals surface area contributed by atoms with Crippen molar-refractivity contribution >= 4 is 40.0 Å². The topological polar surface area (TPSA) is 35.5 Å². The molecule has 0 aliphatic carbocycles. The van der Waals surface area contributed by atoms with Crippen molar-refractivity contribution in [2.24, 2.45) is 0 Å². The van der Waals surface area contributed by atoms with Crippen LogP contribution in [0.5, 0.6) is 0 Å². The molecule has 3 nitrogen and oxygen atoms in total. The van der Waals surface area contributed by atoms with E-state index in [2.05, 4.69) is 52.0 Å². The molecular weight excluding hydrogens is 433 g/mol. The van der Waals surface area contributed by atoms with Gasteiger partial charge in [-0.25, -0.2) is 5.43 Å². The summed E-state index contributed by atoms with van der Waals surface area (Å²) < 4.78 is 0. The minimum absolute atomic E-state index is 0.628. The van der Waals surface area contributed by atoms with Crippen LogP contribution in [-0.4, -0.2) is 29.8 Å². The molecule has 0 heterocycles. The van der Waals surface area contributed by atoms with Crippen LogP contribution >= 0.6 is 40.0 Å². The van der Waals surface area contributed by atoms with Crippen molar-refractivity contribution in [3.63, 3.8) is 0 Å². The van der Waals surface area contributed by atoms with Gasteiger partial charge in [0.25, 0.3) is 0 Å². The zero-order valence-electron chi connectivity index (χ0n) is 8.30. The first kappa shape index (κ1) is 16.9. The second kappa shape index (κ2) is 8.78. The van der Waals surface area contributed by atoms with E-state index in [0.29, 0.717) is 15.2 Å². The number of nitrogens with one attached hydrogen (secondary N) is 1. The average molecular weight is 449 g/mol. The van der Waals surface area contributed by atoms with Crippen molar-refractivity contribution < 1.29 is 14.6 Å². The standard InChI is InChI=1S/C7H16N2O.2HI.V/c1-6(7(2,3)10)9(5)8-4;;;/h8,10H,1H2,2-5H3;2*1H;/q;;;+2/p-2. The molecule has 0 spiro atoms. The predicted octanol–water partition coefficient (Wildman–Crippen LogP) is 2.11. The number of nitrogens with zero attached hydrogens (tertiary/aromatic N) is 1. The summed E-state index contributed by atoms with van der Waals surface area (Å²) in [7, 11) is 4.21. The van der Waals surface area contributed by atoms with Crippen LogP contribution in [-0.2, 0) is 9.47 Å². The summed E-state index contributed by atoms with van der Waals surface area (Å²) in [6, 6.07) is 0. The van der Waals surface area contributed by atoms with E-state index in [1.165, 1.54) is 0 Å². The van der Waals surface area contributed by atoms with E-state index < -0.39 is 5.60 Å². The van der Waals surface area contributed by atoms with Crippen LogP contribution in [0.2, 0.25) is 0 Å². The Morgan fingerprint density at radius 1 is 1.54 bits per heavy atom. The number of halogens is 2. The van der Waals surface area contributed by atoms with Gasteiger partial charge in [0.2, 0.25) is 0 Å². The van der Waals surface area contributed by atoms with E-state index in [4.69, 9.17) is 0 Å². The second-order valence-corrected chi connectivity index (χ2v) is 14.6. The molecule has 13 heavy (non-hydrogen) atoms. The first-order valence-corrected chi connectivity index (χ1v) is 12.6. The van der Waals surface area contributed by atoms with Crippen molar-refractivity contribution in [3.8, 4) is 0 Å². The van der Waals surface area contributed by atoms with E-state index in [-0.39, 0.29) is 0 Å². The molecule has 0 saturated heterocycles. The summed E-state index contributed by atoms with van der Waals surface area (Å²) in [5, 5.41) is 11.1. The van der Waals surface area contributed by atoms with Gasteiger partial charge in [0.15, 0.2) is 0 Å². The second-order valence-electron chi connectivity index (χ2n) is 2.85. The van der Waals surface area contributed by atoms with Gasteiger partial charge >= 0.3 is 49.4 Å². The van der Waals surface area contributed by atoms with E-state index >= 15 is 0 Å². The number of rotatable bonds is 3. The summed E-state index contributed by atoms with van der Waals surface area (Å²) in [5.41, 5.74) is 2.64. The quantitative estimate of drug-likeness (QED) is 0.513. The van der Waals surface area contributed by atoms with Crippen LogP contribution in [0.15, 0.2) is 12.3 Å². The first-order valence-electron chi connectivity index (χ1n) is 3.56. The Hall–Kier alpha value is 1.50. The first-order chi connectivity index (χ1) is 5.81. The SMILES string of the molecule is C=C(N(C)NC)C(C)(C)O.[I][V][I]. The third kappa shape index (κ3) is 9.80. The van der Waals surface area contributed by atoms with Gasteiger partial charge in [-0.15, -0.1) is 0 Å². The molecule has 0 fully saturated rings. The molecule has 0 aliphatic rings. The van der Waals surface area contributed by atoms with Crippen molar-refractivity contribution in [2.45, 2.75) is 19.4 Å². The molecule has 0 aromatic carbocycles. The predicted molar refractivity (Wildman–Crippen MR) is 70.3 cm³/mol. The van der Waals surface area contributed by atoms with Crippen LogP contribution in [0.25, 0.3) is 0 Å². The minimum atomic E-state index is -0.849. The molecule has 0 bridgehead atoms. The van der Waals surface area contributed by atoms with Gasteiger partial charge in [-0.05, 0) is 13.8 Å². The van der Waals surface area contributed by atoms with E-state index in [1.807, 2.05) is 0 Å². The fraction of sp³-hybridized carbons (Fsp3) is 0.714. The Morgan fingerprint density at radius 2 is 1.85 bits per heavy atom. The molecule has 79 valence electrons. The molecule has 0 amide bonds. The van der Waals surface area contributed by atoms with Gasteiger partial charge in [0.1, 0.15) is 0 Å². The number of likely N-dealkylation sites (N-methyl/N-ethyl adjacent to an activating group) is 1. The Balaban J connectivity index is 0. The zero-order chi connectivity index (χ0) is 11.1. The van der Waals surface area contributed by atoms with Gasteiger partial charge in [-0.1, -0.05) is 6.58 Å². The van der Waals surface area contributed by atoms with Crippen molar-refractivity contribution in [3.05, 3.63) is 12.3 Å². The molecule has 0 unspecified atom stereocenters. The molecule has 0 aliphatic heterocycles. The molecule has 0 rings (SSSR count). The van der Waals surface area contributed by atoms with Gasteiger partial charge < -0.3 is 10.1 Å². The van der Waals surface area contributed by atoms with E-state index in [9.17, 15) is 5.11 Å². The number of hydrogen-bond donors (Lipinski definition) is 2. The zero-order valence-corrected chi connectivity index (χ0v) is 14.0. The Labute approximate surface area is 110 Å². The maximum atomic E-state index is 9.41. The van der Waals surface area contributed by atoms with Crippen LogP contribution in [0.1, 0.15) is 13.8 Å². The van der Waals surface area contributed by atoms with Gasteiger partial charge in [-0.2, -0.15) is 0 Å². The number of hydrazine groups is 1. The van der Waals surface area contributed by atoms with Gasteiger partial charge in [-0.3, -0.25) is 0 Å². The number of hydrogen-bond acceptors (Lipinski definition) is 3. The Kier molecular flexibility index (Phi) is 11.4. The summed E-state index contributed by atoms with van der Waals surface area (Å²) in [6.45, 7) is 7.11. The Bertz CT molecular complexity index is 150. The summed E-state index contributed by atoms with van der Waals surface area (Å²) in [6.07, 6.45) is 0. The molecule has 0 aromatic heterocycles. The summed E-state index contributed by atoms with van der Waals surface area (Å²) >= 11 is 4.74. The van der Waals surface area contributed by atoms with E-state index in [1.54, 1.807) is 33.0 Å².